The number of alkyl halides is 3. The molecule has 0 bridgehead atoms. The van der Waals surface area contributed by atoms with Crippen LogP contribution >= 0.6 is 11.6 Å². The third kappa shape index (κ3) is 5.70. The lowest BCUT2D eigenvalue weighted by atomic mass is 10.0. The van der Waals surface area contributed by atoms with Crippen LogP contribution in [0.15, 0.2) is 48.5 Å². The van der Waals surface area contributed by atoms with E-state index < -0.39 is 35.8 Å². The van der Waals surface area contributed by atoms with E-state index in [9.17, 15) is 33.0 Å². The van der Waals surface area contributed by atoms with Gasteiger partial charge in [0, 0.05) is 11.4 Å². The Morgan fingerprint density at radius 2 is 1.59 bits per heavy atom. The highest BCUT2D eigenvalue weighted by Crippen LogP contribution is 2.30. The molecule has 0 fully saturated rings. The summed E-state index contributed by atoms with van der Waals surface area (Å²) in [7, 11) is 0. The molecule has 0 radical (unpaired) electrons. The first-order chi connectivity index (χ1) is 12.6. The number of amides is 1. The first kappa shape index (κ1) is 20.7. The number of carboxylic acids is 1. The molecular weight excluding hydrogens is 387 g/mol. The third-order valence-corrected chi connectivity index (χ3v) is 4.02. The van der Waals surface area contributed by atoms with Crippen LogP contribution in [-0.2, 0) is 22.2 Å². The number of nitrogens with one attached hydrogen (secondary N) is 1. The van der Waals surface area contributed by atoms with Gasteiger partial charge in [0.05, 0.1) is 5.56 Å². The van der Waals surface area contributed by atoms with Crippen LogP contribution in [0.2, 0.25) is 5.02 Å². The van der Waals surface area contributed by atoms with Gasteiger partial charge in [0.2, 0.25) is 0 Å². The van der Waals surface area contributed by atoms with Gasteiger partial charge in [-0.1, -0.05) is 35.9 Å². The van der Waals surface area contributed by atoms with Crippen molar-refractivity contribution in [3.8, 4) is 0 Å². The molecule has 9 heteroatoms. The molecule has 0 unspecified atom stereocenters. The molecule has 2 rings (SSSR count). The number of rotatable bonds is 6. The van der Waals surface area contributed by atoms with Crippen LogP contribution in [0, 0.1) is 0 Å². The normalized spacial score (nSPS) is 13.7. The fraction of sp³-hybridized carbons (Fsp3) is 0.222. The van der Waals surface area contributed by atoms with Gasteiger partial charge < -0.3 is 15.5 Å². The molecule has 5 nitrogen and oxygen atoms in total. The summed E-state index contributed by atoms with van der Waals surface area (Å²) in [5.74, 6) is -2.35. The van der Waals surface area contributed by atoms with Crippen LogP contribution in [0.3, 0.4) is 0 Å². The average molecular weight is 402 g/mol. The number of aliphatic hydroxyl groups excluding tert-OH is 1. The van der Waals surface area contributed by atoms with Crippen LogP contribution in [0.1, 0.15) is 22.8 Å². The summed E-state index contributed by atoms with van der Waals surface area (Å²) in [5, 5.41) is 21.9. The van der Waals surface area contributed by atoms with Crippen molar-refractivity contribution >= 4 is 23.5 Å². The van der Waals surface area contributed by atoms with Crippen LogP contribution < -0.4 is 5.32 Å². The second-order valence-electron chi connectivity index (χ2n) is 5.75. The highest BCUT2D eigenvalue weighted by atomic mass is 35.5. The lowest BCUT2D eigenvalue weighted by Crippen LogP contribution is -2.44. The summed E-state index contributed by atoms with van der Waals surface area (Å²) in [4.78, 5) is 23.5. The molecule has 0 aliphatic heterocycles. The largest absolute Gasteiger partial charge is 0.480 e. The van der Waals surface area contributed by atoms with Crippen molar-refractivity contribution in [3.05, 3.63) is 70.2 Å². The zero-order valence-electron chi connectivity index (χ0n) is 13.7. The average Bonchev–Trinajstić information content (AvgIpc) is 2.61. The Morgan fingerprint density at radius 3 is 2.07 bits per heavy atom. The summed E-state index contributed by atoms with van der Waals surface area (Å²) in [6, 6.07) is 8.37. The van der Waals surface area contributed by atoms with Crippen LogP contribution in [0.25, 0.3) is 0 Å². The van der Waals surface area contributed by atoms with Gasteiger partial charge in [0.15, 0.2) is 6.10 Å². The zero-order valence-corrected chi connectivity index (χ0v) is 14.5. The summed E-state index contributed by atoms with van der Waals surface area (Å²) in [6.45, 7) is 0. The van der Waals surface area contributed by atoms with E-state index in [0.29, 0.717) is 10.6 Å². The van der Waals surface area contributed by atoms with Gasteiger partial charge in [-0.15, -0.1) is 0 Å². The third-order valence-electron chi connectivity index (χ3n) is 3.77. The van der Waals surface area contributed by atoms with E-state index in [-0.39, 0.29) is 12.0 Å². The number of aliphatic carboxylic acids is 1. The Morgan fingerprint density at radius 1 is 1.04 bits per heavy atom. The van der Waals surface area contributed by atoms with Gasteiger partial charge in [-0.05, 0) is 35.4 Å². The highest BCUT2D eigenvalue weighted by Gasteiger charge is 2.31. The fourth-order valence-electron chi connectivity index (χ4n) is 2.31. The van der Waals surface area contributed by atoms with Crippen molar-refractivity contribution in [2.75, 3.05) is 0 Å². The number of carboxylic acid groups (broad SMARTS) is 1. The second-order valence-corrected chi connectivity index (χ2v) is 6.19. The Kier molecular flexibility index (Phi) is 6.45. The molecule has 0 spiro atoms. The number of halogens is 4. The molecule has 1 amide bonds. The van der Waals surface area contributed by atoms with E-state index in [1.807, 2.05) is 0 Å². The van der Waals surface area contributed by atoms with E-state index >= 15 is 0 Å². The van der Waals surface area contributed by atoms with Crippen molar-refractivity contribution < 1.29 is 33.0 Å². The van der Waals surface area contributed by atoms with Crippen molar-refractivity contribution in [3.63, 3.8) is 0 Å². The maximum atomic E-state index is 12.6. The molecule has 0 heterocycles. The quantitative estimate of drug-likeness (QED) is 0.693. The molecule has 0 aliphatic carbocycles. The molecule has 0 aliphatic rings. The maximum absolute atomic E-state index is 12.6. The van der Waals surface area contributed by atoms with E-state index in [1.54, 1.807) is 24.3 Å². The lowest BCUT2D eigenvalue weighted by Gasteiger charge is -2.18. The minimum Gasteiger partial charge on any atom is -0.480 e. The maximum Gasteiger partial charge on any atom is 0.416 e. The van der Waals surface area contributed by atoms with Crippen molar-refractivity contribution in [2.45, 2.75) is 24.7 Å². The molecule has 0 aromatic heterocycles. The Labute approximate surface area is 157 Å². The zero-order chi connectivity index (χ0) is 20.2. The minimum absolute atomic E-state index is 0.0576. The predicted molar refractivity (Wildman–Crippen MR) is 91.1 cm³/mol. The fourth-order valence-corrected chi connectivity index (χ4v) is 2.44. The molecule has 144 valence electrons. The Bertz CT molecular complexity index is 807. The number of carbonyl (C=O) groups is 2. The molecule has 0 saturated heterocycles. The molecule has 0 saturated carbocycles. The van der Waals surface area contributed by atoms with Crippen LogP contribution in [0.5, 0.6) is 0 Å². The standard InChI is InChI=1S/C18H15ClF3NO4/c19-13-7-1-10(2-8-13)9-14(17(26)27)23-16(25)15(24)11-3-5-12(6-4-11)18(20,21)22/h1-8,14-15,24H,9H2,(H,23,25)(H,26,27)/t14-,15+/m0/s1. The molecule has 2 aromatic rings. The summed E-state index contributed by atoms with van der Waals surface area (Å²) >= 11 is 5.75. The van der Waals surface area contributed by atoms with E-state index in [1.165, 1.54) is 0 Å². The number of aliphatic hydroxyl groups is 1. The monoisotopic (exact) mass is 401 g/mol. The van der Waals surface area contributed by atoms with Gasteiger partial charge in [-0.2, -0.15) is 13.2 Å². The topological polar surface area (TPSA) is 86.6 Å². The number of carbonyl (C=O) groups excluding carboxylic acids is 1. The van der Waals surface area contributed by atoms with Crippen LogP contribution in [0.4, 0.5) is 13.2 Å². The predicted octanol–water partition coefficient (Wildman–Crippen LogP) is 3.20. The van der Waals surface area contributed by atoms with Crippen molar-refractivity contribution in [1.82, 2.24) is 5.32 Å². The molecule has 27 heavy (non-hydrogen) atoms. The number of hydrogen-bond acceptors (Lipinski definition) is 3. The SMILES string of the molecule is O=C(O)[C@H](Cc1ccc(Cl)cc1)NC(=O)[C@H](O)c1ccc(C(F)(F)F)cc1. The summed E-state index contributed by atoms with van der Waals surface area (Å²) in [5.41, 5.74) is -0.419. The van der Waals surface area contributed by atoms with Gasteiger partial charge in [-0.3, -0.25) is 4.79 Å². The molecule has 3 N–H and O–H groups in total. The summed E-state index contributed by atoms with van der Waals surface area (Å²) in [6.07, 6.45) is -6.41. The molecule has 2 atom stereocenters. The van der Waals surface area contributed by atoms with Gasteiger partial charge >= 0.3 is 12.1 Å². The number of hydrogen-bond donors (Lipinski definition) is 3. The Balaban J connectivity index is 2.07. The van der Waals surface area contributed by atoms with Crippen LogP contribution in [-0.4, -0.2) is 28.1 Å². The minimum atomic E-state index is -4.54. The van der Waals surface area contributed by atoms with Gasteiger partial charge in [0.1, 0.15) is 6.04 Å². The first-order valence-corrected chi connectivity index (χ1v) is 8.08. The number of benzene rings is 2. The second kappa shape index (κ2) is 8.41. The highest BCUT2D eigenvalue weighted by molar-refractivity contribution is 6.30. The van der Waals surface area contributed by atoms with Crippen molar-refractivity contribution in [1.29, 1.82) is 0 Å². The molecule has 2 aromatic carbocycles. The van der Waals surface area contributed by atoms with Gasteiger partial charge in [0.25, 0.3) is 5.91 Å². The summed E-state index contributed by atoms with van der Waals surface area (Å²) < 4.78 is 37.7. The lowest BCUT2D eigenvalue weighted by molar-refractivity contribution is -0.143. The van der Waals surface area contributed by atoms with E-state index in [0.717, 1.165) is 24.3 Å². The van der Waals surface area contributed by atoms with Gasteiger partial charge in [-0.25, -0.2) is 4.79 Å². The van der Waals surface area contributed by atoms with E-state index in [2.05, 4.69) is 5.32 Å². The molecular formula is C18H15ClF3NO4. The Hall–Kier alpha value is -2.58. The first-order valence-electron chi connectivity index (χ1n) is 7.71. The van der Waals surface area contributed by atoms with E-state index in [4.69, 9.17) is 11.6 Å². The smallest absolute Gasteiger partial charge is 0.416 e. The van der Waals surface area contributed by atoms with Crippen molar-refractivity contribution in [2.24, 2.45) is 0 Å².